The second kappa shape index (κ2) is 8.19. The number of rotatable bonds is 6. The van der Waals surface area contributed by atoms with Gasteiger partial charge >= 0.3 is 0 Å². The number of hydrogen-bond acceptors (Lipinski definition) is 4. The number of carbonyl (C=O) groups is 1. The highest BCUT2D eigenvalue weighted by Gasteiger charge is 2.28. The third kappa shape index (κ3) is 3.75. The summed E-state index contributed by atoms with van der Waals surface area (Å²) in [4.78, 5) is 19.3. The summed E-state index contributed by atoms with van der Waals surface area (Å²) in [6.07, 6.45) is 3.34. The standard InChI is InChI=1S/C25H25N3O2/c29-24(15-14-19-9-5-8-18-7-1-2-11-21(18)19)26-17-20-10-6-16-28(20)25-27-22-12-3-4-13-23(22)30-25/h1-5,7-9,11-13,20H,6,10,14-17H2,(H,26,29). The molecule has 1 atom stereocenters. The van der Waals surface area contributed by atoms with Crippen LogP contribution in [0.1, 0.15) is 24.8 Å². The molecule has 0 radical (unpaired) electrons. The molecule has 0 aliphatic carbocycles. The van der Waals surface area contributed by atoms with E-state index in [4.69, 9.17) is 4.42 Å². The van der Waals surface area contributed by atoms with Gasteiger partial charge in [0.15, 0.2) is 5.58 Å². The topological polar surface area (TPSA) is 58.4 Å². The summed E-state index contributed by atoms with van der Waals surface area (Å²) in [5, 5.41) is 5.57. The lowest BCUT2D eigenvalue weighted by molar-refractivity contribution is -0.121. The molecule has 1 aliphatic heterocycles. The maximum Gasteiger partial charge on any atom is 0.298 e. The first-order chi connectivity index (χ1) is 14.8. The SMILES string of the molecule is O=C(CCc1cccc2ccccc12)NCC1CCCN1c1nc2ccccc2o1. The zero-order chi connectivity index (χ0) is 20.3. The van der Waals surface area contributed by atoms with Crippen LogP contribution >= 0.6 is 0 Å². The number of aryl methyl sites for hydroxylation is 1. The number of anilines is 1. The second-order valence-corrected chi connectivity index (χ2v) is 7.90. The molecule has 1 N–H and O–H groups in total. The average molecular weight is 399 g/mol. The molecule has 4 aromatic rings. The van der Waals surface area contributed by atoms with Crippen LogP contribution in [-0.2, 0) is 11.2 Å². The number of nitrogens with one attached hydrogen (secondary N) is 1. The molecule has 5 nitrogen and oxygen atoms in total. The summed E-state index contributed by atoms with van der Waals surface area (Å²) >= 11 is 0. The van der Waals surface area contributed by atoms with Crippen molar-refractivity contribution in [1.29, 1.82) is 0 Å². The van der Waals surface area contributed by atoms with Gasteiger partial charge in [-0.3, -0.25) is 4.79 Å². The van der Waals surface area contributed by atoms with E-state index in [-0.39, 0.29) is 11.9 Å². The normalized spacial score (nSPS) is 16.4. The Labute approximate surface area is 175 Å². The van der Waals surface area contributed by atoms with Crippen molar-refractivity contribution in [3.63, 3.8) is 0 Å². The van der Waals surface area contributed by atoms with Crippen molar-refractivity contribution in [3.05, 3.63) is 72.3 Å². The van der Waals surface area contributed by atoms with Crippen molar-refractivity contribution >= 4 is 33.8 Å². The van der Waals surface area contributed by atoms with Crippen LogP contribution in [0.25, 0.3) is 21.9 Å². The molecule has 1 aliphatic rings. The molecule has 5 heteroatoms. The summed E-state index contributed by atoms with van der Waals surface area (Å²) in [6.45, 7) is 1.52. The van der Waals surface area contributed by atoms with Crippen LogP contribution in [-0.4, -0.2) is 30.0 Å². The van der Waals surface area contributed by atoms with E-state index >= 15 is 0 Å². The maximum absolute atomic E-state index is 12.5. The van der Waals surface area contributed by atoms with E-state index in [1.165, 1.54) is 16.3 Å². The maximum atomic E-state index is 12.5. The van der Waals surface area contributed by atoms with Crippen LogP contribution < -0.4 is 10.2 Å². The molecule has 0 saturated carbocycles. The van der Waals surface area contributed by atoms with Gasteiger partial charge in [-0.05, 0) is 47.7 Å². The lowest BCUT2D eigenvalue weighted by Crippen LogP contribution is -2.40. The minimum Gasteiger partial charge on any atom is -0.423 e. The summed E-state index contributed by atoms with van der Waals surface area (Å²) in [7, 11) is 0. The highest BCUT2D eigenvalue weighted by molar-refractivity contribution is 5.86. The Bertz CT molecular complexity index is 1140. The number of benzene rings is 3. The van der Waals surface area contributed by atoms with Gasteiger partial charge in [-0.25, -0.2) is 0 Å². The van der Waals surface area contributed by atoms with Crippen molar-refractivity contribution in [2.75, 3.05) is 18.0 Å². The molecule has 30 heavy (non-hydrogen) atoms. The Kier molecular flexibility index (Phi) is 5.10. The first-order valence-electron chi connectivity index (χ1n) is 10.6. The number of fused-ring (bicyclic) bond motifs is 2. The minimum absolute atomic E-state index is 0.0901. The monoisotopic (exact) mass is 399 g/mol. The van der Waals surface area contributed by atoms with Gasteiger partial charge in [-0.1, -0.05) is 54.6 Å². The molecule has 1 fully saturated rings. The number of para-hydroxylation sites is 2. The average Bonchev–Trinajstić information content (AvgIpc) is 3.42. The van der Waals surface area contributed by atoms with Crippen LogP contribution in [0, 0.1) is 0 Å². The number of nitrogens with zero attached hydrogens (tertiary/aromatic N) is 2. The lowest BCUT2D eigenvalue weighted by atomic mass is 10.0. The van der Waals surface area contributed by atoms with E-state index in [0.29, 0.717) is 19.0 Å². The number of carbonyl (C=O) groups excluding carboxylic acids is 1. The van der Waals surface area contributed by atoms with Gasteiger partial charge in [0.1, 0.15) is 5.52 Å². The predicted octanol–water partition coefficient (Wildman–Crippen LogP) is 4.70. The Morgan fingerprint density at radius 2 is 1.90 bits per heavy atom. The molecule has 2 heterocycles. The Hall–Kier alpha value is -3.34. The number of aromatic nitrogens is 1. The van der Waals surface area contributed by atoms with Gasteiger partial charge in [0.2, 0.25) is 5.91 Å². The van der Waals surface area contributed by atoms with E-state index in [9.17, 15) is 4.79 Å². The number of amides is 1. The first-order valence-corrected chi connectivity index (χ1v) is 10.6. The van der Waals surface area contributed by atoms with Crippen molar-refractivity contribution in [3.8, 4) is 0 Å². The largest absolute Gasteiger partial charge is 0.423 e. The van der Waals surface area contributed by atoms with E-state index in [2.05, 4.69) is 45.5 Å². The van der Waals surface area contributed by atoms with Crippen LogP contribution in [0.2, 0.25) is 0 Å². The van der Waals surface area contributed by atoms with E-state index in [1.54, 1.807) is 0 Å². The summed E-state index contributed by atoms with van der Waals surface area (Å²) in [5.41, 5.74) is 2.90. The van der Waals surface area contributed by atoms with Gasteiger partial charge in [0, 0.05) is 19.5 Å². The van der Waals surface area contributed by atoms with E-state index in [0.717, 1.165) is 36.9 Å². The zero-order valence-corrected chi connectivity index (χ0v) is 16.9. The third-order valence-electron chi connectivity index (χ3n) is 5.94. The van der Waals surface area contributed by atoms with Crippen molar-refractivity contribution in [1.82, 2.24) is 10.3 Å². The molecule has 3 aromatic carbocycles. The van der Waals surface area contributed by atoms with Gasteiger partial charge in [-0.15, -0.1) is 0 Å². The summed E-state index contributed by atoms with van der Waals surface area (Å²) in [5.74, 6) is 0.0901. The Balaban J connectivity index is 1.19. The quantitative estimate of drug-likeness (QED) is 0.511. The fourth-order valence-corrected chi connectivity index (χ4v) is 4.36. The Morgan fingerprint density at radius 1 is 1.07 bits per heavy atom. The number of hydrogen-bond donors (Lipinski definition) is 1. The van der Waals surface area contributed by atoms with Crippen molar-refractivity contribution < 1.29 is 9.21 Å². The van der Waals surface area contributed by atoms with Crippen LogP contribution in [0.5, 0.6) is 0 Å². The number of oxazole rings is 1. The van der Waals surface area contributed by atoms with Crippen molar-refractivity contribution in [2.24, 2.45) is 0 Å². The van der Waals surface area contributed by atoms with Crippen LogP contribution in [0.4, 0.5) is 6.01 Å². The molecule has 1 unspecified atom stereocenters. The lowest BCUT2D eigenvalue weighted by Gasteiger charge is -2.23. The summed E-state index contributed by atoms with van der Waals surface area (Å²) < 4.78 is 5.94. The van der Waals surface area contributed by atoms with E-state index in [1.807, 2.05) is 36.4 Å². The second-order valence-electron chi connectivity index (χ2n) is 7.90. The van der Waals surface area contributed by atoms with Gasteiger partial charge in [0.05, 0.1) is 6.04 Å². The molecule has 152 valence electrons. The Morgan fingerprint density at radius 3 is 2.83 bits per heavy atom. The van der Waals surface area contributed by atoms with E-state index < -0.39 is 0 Å². The van der Waals surface area contributed by atoms with Crippen LogP contribution in [0.3, 0.4) is 0 Å². The van der Waals surface area contributed by atoms with Crippen LogP contribution in [0.15, 0.2) is 71.1 Å². The zero-order valence-electron chi connectivity index (χ0n) is 16.9. The smallest absolute Gasteiger partial charge is 0.298 e. The molecule has 1 amide bonds. The molecule has 5 rings (SSSR count). The fraction of sp³-hybridized carbons (Fsp3) is 0.280. The fourth-order valence-electron chi connectivity index (χ4n) is 4.36. The highest BCUT2D eigenvalue weighted by Crippen LogP contribution is 2.28. The molecule has 0 bridgehead atoms. The highest BCUT2D eigenvalue weighted by atomic mass is 16.4. The predicted molar refractivity (Wildman–Crippen MR) is 120 cm³/mol. The minimum atomic E-state index is 0.0901. The molecular weight excluding hydrogens is 374 g/mol. The molecule has 0 spiro atoms. The molecular formula is C25H25N3O2. The molecule has 1 saturated heterocycles. The summed E-state index contributed by atoms with van der Waals surface area (Å²) in [6, 6.07) is 23.3. The first kappa shape index (κ1) is 18.7. The van der Waals surface area contributed by atoms with Gasteiger partial charge < -0.3 is 14.6 Å². The van der Waals surface area contributed by atoms with Gasteiger partial charge in [-0.2, -0.15) is 4.98 Å². The third-order valence-corrected chi connectivity index (χ3v) is 5.94. The van der Waals surface area contributed by atoms with Crippen molar-refractivity contribution in [2.45, 2.75) is 31.7 Å². The molecule has 1 aromatic heterocycles. The van der Waals surface area contributed by atoms with Gasteiger partial charge in [0.25, 0.3) is 6.01 Å².